The van der Waals surface area contributed by atoms with Gasteiger partial charge in [0.15, 0.2) is 11.5 Å². The number of likely N-dealkylation sites (tertiary alicyclic amines) is 1. The lowest BCUT2D eigenvalue weighted by Crippen LogP contribution is -2.35. The maximum Gasteiger partial charge on any atom is 0.253 e. The van der Waals surface area contributed by atoms with Gasteiger partial charge in [-0.15, -0.1) is 0 Å². The van der Waals surface area contributed by atoms with E-state index >= 15 is 0 Å². The molecule has 3 aromatic carbocycles. The zero-order chi connectivity index (χ0) is 23.5. The van der Waals surface area contributed by atoms with E-state index < -0.39 is 5.92 Å². The second kappa shape index (κ2) is 9.47. The minimum atomic E-state index is -0.405. The molecule has 0 spiro atoms. The van der Waals surface area contributed by atoms with Gasteiger partial charge in [0.25, 0.3) is 5.91 Å². The molecule has 2 amide bonds. The van der Waals surface area contributed by atoms with Crippen LogP contribution in [-0.2, 0) is 11.3 Å². The lowest BCUT2D eigenvalue weighted by atomic mass is 9.87. The number of hydrogen-bond donors (Lipinski definition) is 1. The van der Waals surface area contributed by atoms with Crippen LogP contribution in [0.3, 0.4) is 0 Å². The molecule has 5 rings (SSSR count). The van der Waals surface area contributed by atoms with Gasteiger partial charge in [0.1, 0.15) is 5.75 Å². The molecule has 34 heavy (non-hydrogen) atoms. The molecule has 7 heteroatoms. The molecule has 7 nitrogen and oxygen atoms in total. The Morgan fingerprint density at radius 1 is 0.971 bits per heavy atom. The van der Waals surface area contributed by atoms with Crippen molar-refractivity contribution < 1.29 is 23.8 Å². The van der Waals surface area contributed by atoms with Gasteiger partial charge in [0.05, 0.1) is 13.0 Å². The van der Waals surface area contributed by atoms with Crippen molar-refractivity contribution in [3.8, 4) is 17.2 Å². The van der Waals surface area contributed by atoms with Crippen LogP contribution in [0.15, 0.2) is 72.8 Å². The quantitative estimate of drug-likeness (QED) is 0.611. The van der Waals surface area contributed by atoms with Gasteiger partial charge in [0.2, 0.25) is 12.7 Å². The summed E-state index contributed by atoms with van der Waals surface area (Å²) < 4.78 is 16.4. The minimum absolute atomic E-state index is 0.0773. The number of para-hydroxylation sites is 1. The number of rotatable bonds is 6. The van der Waals surface area contributed by atoms with Crippen molar-refractivity contribution in [2.75, 3.05) is 27.0 Å². The molecule has 1 N–H and O–H groups in total. The number of carbonyl (C=O) groups is 2. The molecule has 2 aliphatic heterocycles. The standard InChI is InChI=1S/C27H26N2O5/c1-32-23-10-6-5-9-20(23)21-15-29(27(31)19-7-3-2-4-8-19)16-22(21)26(30)28-14-18-11-12-24-25(13-18)34-17-33-24/h2-13,21-22H,14-17H2,1H3,(H,28,30)/t21-,22-/m1/s1. The van der Waals surface area contributed by atoms with E-state index in [1.165, 1.54) is 0 Å². The van der Waals surface area contributed by atoms with Gasteiger partial charge in [-0.3, -0.25) is 9.59 Å². The van der Waals surface area contributed by atoms with Gasteiger partial charge in [-0.2, -0.15) is 0 Å². The van der Waals surface area contributed by atoms with Crippen LogP contribution in [0.5, 0.6) is 17.2 Å². The van der Waals surface area contributed by atoms with E-state index in [1.54, 1.807) is 24.1 Å². The molecule has 174 valence electrons. The first-order valence-electron chi connectivity index (χ1n) is 11.3. The maximum atomic E-state index is 13.4. The van der Waals surface area contributed by atoms with Crippen molar-refractivity contribution in [1.82, 2.24) is 10.2 Å². The van der Waals surface area contributed by atoms with E-state index in [9.17, 15) is 9.59 Å². The van der Waals surface area contributed by atoms with Crippen molar-refractivity contribution in [2.24, 2.45) is 5.92 Å². The molecule has 0 saturated carbocycles. The van der Waals surface area contributed by atoms with E-state index in [1.807, 2.05) is 60.7 Å². The molecule has 0 aliphatic carbocycles. The summed E-state index contributed by atoms with van der Waals surface area (Å²) in [5.74, 6) is 1.34. The number of nitrogens with one attached hydrogen (secondary N) is 1. The fourth-order valence-corrected chi connectivity index (χ4v) is 4.66. The van der Waals surface area contributed by atoms with Gasteiger partial charge in [-0.25, -0.2) is 0 Å². The van der Waals surface area contributed by atoms with Crippen LogP contribution in [0.4, 0.5) is 0 Å². The van der Waals surface area contributed by atoms with Crippen LogP contribution in [0, 0.1) is 5.92 Å². The fraction of sp³-hybridized carbons (Fsp3) is 0.259. The van der Waals surface area contributed by atoms with Crippen molar-refractivity contribution in [1.29, 1.82) is 0 Å². The van der Waals surface area contributed by atoms with Crippen LogP contribution >= 0.6 is 0 Å². The molecular formula is C27H26N2O5. The van der Waals surface area contributed by atoms with Crippen molar-refractivity contribution in [3.63, 3.8) is 0 Å². The smallest absolute Gasteiger partial charge is 0.253 e. The SMILES string of the molecule is COc1ccccc1[C@H]1CN(C(=O)c2ccccc2)C[C@H]1C(=O)NCc1ccc2c(c1)OCO2. The van der Waals surface area contributed by atoms with Gasteiger partial charge in [-0.1, -0.05) is 42.5 Å². The summed E-state index contributed by atoms with van der Waals surface area (Å²) in [5.41, 5.74) is 2.46. The topological polar surface area (TPSA) is 77.1 Å². The molecule has 0 aromatic heterocycles. The summed E-state index contributed by atoms with van der Waals surface area (Å²) >= 11 is 0. The first kappa shape index (κ1) is 21.8. The molecule has 0 radical (unpaired) electrons. The van der Waals surface area contributed by atoms with Crippen LogP contribution in [0.1, 0.15) is 27.4 Å². The van der Waals surface area contributed by atoms with Gasteiger partial charge in [-0.05, 0) is 41.5 Å². The maximum absolute atomic E-state index is 13.4. The Kier molecular flexibility index (Phi) is 6.08. The highest BCUT2D eigenvalue weighted by Crippen LogP contribution is 2.38. The molecule has 2 heterocycles. The second-order valence-electron chi connectivity index (χ2n) is 8.44. The Hall–Kier alpha value is -4.00. The van der Waals surface area contributed by atoms with Gasteiger partial charge >= 0.3 is 0 Å². The Balaban J connectivity index is 1.36. The highest BCUT2D eigenvalue weighted by molar-refractivity contribution is 5.95. The molecule has 3 aromatic rings. The lowest BCUT2D eigenvalue weighted by Gasteiger charge is -2.20. The zero-order valence-electron chi connectivity index (χ0n) is 18.9. The largest absolute Gasteiger partial charge is 0.496 e. The van der Waals surface area contributed by atoms with E-state index in [4.69, 9.17) is 14.2 Å². The number of benzene rings is 3. The van der Waals surface area contributed by atoms with Crippen molar-refractivity contribution in [3.05, 3.63) is 89.5 Å². The highest BCUT2D eigenvalue weighted by Gasteiger charge is 2.41. The van der Waals surface area contributed by atoms with Crippen LogP contribution in [-0.4, -0.2) is 43.7 Å². The van der Waals surface area contributed by atoms with Gasteiger partial charge in [0, 0.05) is 31.1 Å². The van der Waals surface area contributed by atoms with E-state index in [0.717, 1.165) is 16.9 Å². The number of fused-ring (bicyclic) bond motifs is 1. The Morgan fingerprint density at radius 3 is 2.56 bits per heavy atom. The summed E-state index contributed by atoms with van der Waals surface area (Å²) in [6.07, 6.45) is 0. The summed E-state index contributed by atoms with van der Waals surface area (Å²) in [6, 6.07) is 22.5. The zero-order valence-corrected chi connectivity index (χ0v) is 18.9. The number of carbonyl (C=O) groups excluding carboxylic acids is 2. The third-order valence-corrected chi connectivity index (χ3v) is 6.41. The number of nitrogens with zero attached hydrogens (tertiary/aromatic N) is 1. The third-order valence-electron chi connectivity index (χ3n) is 6.41. The monoisotopic (exact) mass is 458 g/mol. The van der Waals surface area contributed by atoms with Crippen LogP contribution in [0.2, 0.25) is 0 Å². The predicted molar refractivity (Wildman–Crippen MR) is 126 cm³/mol. The molecule has 2 atom stereocenters. The average Bonchev–Trinajstić information content (AvgIpc) is 3.54. The number of amides is 2. The van der Waals surface area contributed by atoms with E-state index in [0.29, 0.717) is 36.7 Å². The predicted octanol–water partition coefficient (Wildman–Crippen LogP) is 3.60. The molecule has 1 saturated heterocycles. The molecule has 1 fully saturated rings. The number of hydrogen-bond acceptors (Lipinski definition) is 5. The minimum Gasteiger partial charge on any atom is -0.496 e. The summed E-state index contributed by atoms with van der Waals surface area (Å²) in [6.45, 7) is 1.34. The van der Waals surface area contributed by atoms with Crippen LogP contribution < -0.4 is 19.5 Å². The van der Waals surface area contributed by atoms with Crippen molar-refractivity contribution in [2.45, 2.75) is 12.5 Å². The molecule has 2 aliphatic rings. The Morgan fingerprint density at radius 2 is 1.74 bits per heavy atom. The molecule has 0 unspecified atom stereocenters. The lowest BCUT2D eigenvalue weighted by molar-refractivity contribution is -0.125. The Labute approximate surface area is 198 Å². The molecular weight excluding hydrogens is 432 g/mol. The second-order valence-corrected chi connectivity index (χ2v) is 8.44. The van der Waals surface area contributed by atoms with Crippen LogP contribution in [0.25, 0.3) is 0 Å². The third kappa shape index (κ3) is 4.29. The van der Waals surface area contributed by atoms with E-state index in [-0.39, 0.29) is 24.5 Å². The normalized spacial score (nSPS) is 18.6. The number of ether oxygens (including phenoxy) is 3. The van der Waals surface area contributed by atoms with E-state index in [2.05, 4.69) is 5.32 Å². The Bertz CT molecular complexity index is 1200. The fourth-order valence-electron chi connectivity index (χ4n) is 4.66. The molecule has 0 bridgehead atoms. The average molecular weight is 459 g/mol. The summed E-state index contributed by atoms with van der Waals surface area (Å²) in [4.78, 5) is 28.3. The first-order chi connectivity index (χ1) is 16.6. The summed E-state index contributed by atoms with van der Waals surface area (Å²) in [5, 5.41) is 3.05. The van der Waals surface area contributed by atoms with Crippen molar-refractivity contribution >= 4 is 11.8 Å². The first-order valence-corrected chi connectivity index (χ1v) is 11.3. The number of methoxy groups -OCH3 is 1. The van der Waals surface area contributed by atoms with Gasteiger partial charge < -0.3 is 24.4 Å². The highest BCUT2D eigenvalue weighted by atomic mass is 16.7. The summed E-state index contributed by atoms with van der Waals surface area (Å²) in [7, 11) is 1.62.